The molecule has 17 N–H and O–H groups in total. The van der Waals surface area contributed by atoms with E-state index < -0.39 is 143 Å². The summed E-state index contributed by atoms with van der Waals surface area (Å²) in [7, 11) is 1.51. The van der Waals surface area contributed by atoms with Gasteiger partial charge in [0.15, 0.2) is 29.9 Å². The number of aliphatic hydroxyl groups excluding tert-OH is 3. The molecule has 0 saturated carbocycles. The number of likely N-dealkylation sites (N-methyl/N-ethyl adjacent to an activating group) is 1. The Morgan fingerprint density at radius 3 is 1.94 bits per heavy atom. The number of carboxylic acids is 1. The van der Waals surface area contributed by atoms with Gasteiger partial charge in [0.25, 0.3) is 0 Å². The Kier molecular flexibility index (Phi) is 17.4. The molecule has 5 heterocycles. The third-order valence-corrected chi connectivity index (χ3v) is 14.1. The molecule has 5 aromatic rings. The lowest BCUT2D eigenvalue weighted by Gasteiger charge is -2.30. The molecule has 81 heavy (non-hydrogen) atoms. The van der Waals surface area contributed by atoms with Gasteiger partial charge in [-0.05, 0) is 113 Å². The summed E-state index contributed by atoms with van der Waals surface area (Å²) in [5.41, 5.74) is 11.0. The van der Waals surface area contributed by atoms with Gasteiger partial charge in [0.1, 0.15) is 59.5 Å². The number of aromatic hydroxyl groups is 2. The van der Waals surface area contributed by atoms with Gasteiger partial charge in [0, 0.05) is 5.56 Å². The minimum Gasteiger partial charge on any atom is -0.508 e. The Bertz CT molecular complexity index is 3400. The zero-order valence-electron chi connectivity index (χ0n) is 43.0. The van der Waals surface area contributed by atoms with Gasteiger partial charge in [-0.25, -0.2) is 4.79 Å². The van der Waals surface area contributed by atoms with E-state index >= 15 is 4.79 Å². The van der Waals surface area contributed by atoms with Gasteiger partial charge >= 0.3 is 5.97 Å². The summed E-state index contributed by atoms with van der Waals surface area (Å²) in [6.07, 6.45) is -7.00. The van der Waals surface area contributed by atoms with Crippen LogP contribution < -0.4 is 52.8 Å². The van der Waals surface area contributed by atoms with Crippen molar-refractivity contribution in [2.45, 2.75) is 87.5 Å². The largest absolute Gasteiger partial charge is 0.508 e. The number of hydrogen-bond acceptors (Lipinski definition) is 18. The van der Waals surface area contributed by atoms with Crippen molar-refractivity contribution in [2.75, 3.05) is 7.05 Å². The molecule has 27 heteroatoms. The Hall–Kier alpha value is -8.56. The number of nitrogens with zero attached hydrogens (tertiary/aromatic N) is 1. The molecule has 9 atom stereocenters. The predicted octanol–water partition coefficient (Wildman–Crippen LogP) is 2.21. The van der Waals surface area contributed by atoms with Crippen molar-refractivity contribution in [1.29, 1.82) is 0 Å². The second-order valence-electron chi connectivity index (χ2n) is 19.7. The van der Waals surface area contributed by atoms with Crippen LogP contribution in [0, 0.1) is 5.92 Å². The molecule has 25 nitrogen and oxygen atoms in total. The van der Waals surface area contributed by atoms with E-state index in [2.05, 4.69) is 36.9 Å². The van der Waals surface area contributed by atoms with E-state index in [1.807, 2.05) is 13.8 Å². The highest BCUT2D eigenvalue weighted by Crippen LogP contribution is 2.47. The van der Waals surface area contributed by atoms with Crippen molar-refractivity contribution in [3.63, 3.8) is 0 Å². The van der Waals surface area contributed by atoms with Crippen LogP contribution in [0.3, 0.4) is 0 Å². The molecular weight excluding hydrogens is 1100 g/mol. The van der Waals surface area contributed by atoms with Crippen molar-refractivity contribution >= 4 is 70.4 Å². The van der Waals surface area contributed by atoms with Gasteiger partial charge in [0.05, 0.1) is 22.5 Å². The number of halogens is 2. The standard InChI is InChI=1S/C54H55Cl2N9O16/c1-20(2)11-31(59-3)48(71)64-42-44(68)23-7-9-33(29(55)13-23)80-35-15-25-16-36(46(35)70)81-34-10-8-24(14-30(34)56)45(69)43-52(75)63-41(54(78)79)27-17-26(66)18-28(53(76)77)38(27)21-5-4-6-22(12-21)40(50(73)65-43)61-47(58)39(25)62-49(72)32(19-37(57)67)60-51(42)74/h4-10,12-18,20,31-32,39-45,53,59,66,68-70,76-77H,11,19H2,1-3H3,(H2,57,67)(H2,58,61)(H,60,74)(H,62,72)(H,63,75)(H,64,71)(H,65,73)(H,78,79)/t31-,32+,39-,40-,41+,42-,43+,44-,45-/m1/s1. The molecule has 0 saturated heterocycles. The molecule has 10 rings (SSSR count). The second-order valence-corrected chi connectivity index (χ2v) is 20.5. The third kappa shape index (κ3) is 12.6. The van der Waals surface area contributed by atoms with E-state index in [-0.39, 0.29) is 72.8 Å². The number of phenolic OH excluding ortho intramolecular Hbond substituents is 2. The number of aliphatic hydroxyl groups is 4. The van der Waals surface area contributed by atoms with E-state index in [1.165, 1.54) is 61.6 Å². The number of rotatable bonds is 9. The lowest BCUT2D eigenvalue weighted by atomic mass is 9.87. The van der Waals surface area contributed by atoms with Crippen LogP contribution in [0.5, 0.6) is 34.5 Å². The molecule has 6 amide bonds. The normalized spacial score (nSPS) is 22.4. The molecule has 0 unspecified atom stereocenters. The quantitative estimate of drug-likeness (QED) is 0.0941. The summed E-state index contributed by atoms with van der Waals surface area (Å²) in [5, 5.41) is 93.3. The number of phenols is 2. The van der Waals surface area contributed by atoms with Gasteiger partial charge in [-0.1, -0.05) is 67.4 Å². The first kappa shape index (κ1) is 58.6. The van der Waals surface area contributed by atoms with E-state index in [1.54, 1.807) is 0 Å². The highest BCUT2D eigenvalue weighted by atomic mass is 35.5. The maximum atomic E-state index is 15.1. The number of fused-ring (bicyclic) bond motifs is 14. The predicted molar refractivity (Wildman–Crippen MR) is 287 cm³/mol. The van der Waals surface area contributed by atoms with E-state index in [0.29, 0.717) is 0 Å². The van der Waals surface area contributed by atoms with Gasteiger partial charge in [-0.3, -0.25) is 33.8 Å². The molecule has 5 aliphatic rings. The number of nitrogens with two attached hydrogens (primary N) is 2. The van der Waals surface area contributed by atoms with Crippen molar-refractivity contribution in [1.82, 2.24) is 31.9 Å². The number of carbonyl (C=O) groups excluding carboxylic acids is 6. The smallest absolute Gasteiger partial charge is 0.330 e. The molecule has 0 aromatic heterocycles. The Morgan fingerprint density at radius 2 is 1.37 bits per heavy atom. The maximum absolute atomic E-state index is 15.1. The molecule has 5 aromatic carbocycles. The molecule has 0 fully saturated rings. The van der Waals surface area contributed by atoms with Crippen LogP contribution in [-0.2, 0) is 33.6 Å². The van der Waals surface area contributed by atoms with E-state index in [0.717, 1.165) is 30.3 Å². The molecular formula is C54H55Cl2N9O16. The van der Waals surface area contributed by atoms with Crippen molar-refractivity contribution in [2.24, 2.45) is 22.4 Å². The first-order valence-corrected chi connectivity index (χ1v) is 25.6. The van der Waals surface area contributed by atoms with Crippen molar-refractivity contribution < 1.29 is 78.8 Å². The van der Waals surface area contributed by atoms with Crippen LogP contribution >= 0.6 is 23.2 Å². The first-order chi connectivity index (χ1) is 38.3. The van der Waals surface area contributed by atoms with Crippen molar-refractivity contribution in [3.05, 3.63) is 128 Å². The topological polar surface area (TPSA) is 416 Å². The number of benzene rings is 5. The van der Waals surface area contributed by atoms with Gasteiger partial charge in [0.2, 0.25) is 41.2 Å². The Labute approximate surface area is 470 Å². The van der Waals surface area contributed by atoms with Gasteiger partial charge in [-0.2, -0.15) is 0 Å². The summed E-state index contributed by atoms with van der Waals surface area (Å²) >= 11 is 13.6. The zero-order chi connectivity index (χ0) is 58.9. The SMILES string of the molecule is CN[C@H](CC(C)C)C(=O)N[C@H]1C(=O)N[C@@H](CC(N)=O)C(=O)N[C@H]2C(N)=N[C@H]3C(=O)N[C@H](C(=O)N[C@H](C(=O)O)c4cc(O)cc(C(O)O)c4-c4cccc3c4)[C@H](O)c3ccc(c(Cl)c3)Oc3cc2cc(c3O)Oc2ccc(cc2Cl)[C@H]1O. The van der Waals surface area contributed by atoms with Crippen LogP contribution in [0.2, 0.25) is 10.0 Å². The molecule has 426 valence electrons. The van der Waals surface area contributed by atoms with Crippen LogP contribution in [0.25, 0.3) is 11.1 Å². The number of primary amides is 1. The number of ether oxygens (including phenoxy) is 2. The van der Waals surface area contributed by atoms with Crippen LogP contribution in [0.4, 0.5) is 0 Å². The number of amidine groups is 1. The lowest BCUT2D eigenvalue weighted by molar-refractivity contribution is -0.143. The van der Waals surface area contributed by atoms with Crippen LogP contribution in [-0.4, -0.2) is 114 Å². The number of aliphatic imine (C=N–C) groups is 1. The number of hydrogen-bond donors (Lipinski definition) is 15. The lowest BCUT2D eigenvalue weighted by Crippen LogP contribution is -2.59. The highest BCUT2D eigenvalue weighted by Gasteiger charge is 2.40. The zero-order valence-corrected chi connectivity index (χ0v) is 44.5. The van der Waals surface area contributed by atoms with Gasteiger partial charge < -0.3 is 88.6 Å². The number of carboxylic acid groups (broad SMARTS) is 1. The maximum Gasteiger partial charge on any atom is 0.330 e. The molecule has 11 bridgehead atoms. The minimum atomic E-state index is -2.38. The summed E-state index contributed by atoms with van der Waals surface area (Å²) in [6, 6.07) is 4.12. The van der Waals surface area contributed by atoms with Crippen molar-refractivity contribution in [3.8, 4) is 45.6 Å². The summed E-state index contributed by atoms with van der Waals surface area (Å²) in [5.74, 6) is -12.0. The molecule has 0 spiro atoms. The van der Waals surface area contributed by atoms with Crippen LogP contribution in [0.15, 0.2) is 89.9 Å². The van der Waals surface area contributed by atoms with E-state index in [9.17, 15) is 64.5 Å². The fourth-order valence-corrected chi connectivity index (χ4v) is 10.0. The molecule has 5 aliphatic heterocycles. The van der Waals surface area contributed by atoms with Gasteiger partial charge in [-0.15, -0.1) is 0 Å². The molecule has 0 radical (unpaired) electrons. The van der Waals surface area contributed by atoms with E-state index in [4.69, 9.17) is 44.1 Å². The average molecular weight is 1160 g/mol. The van der Waals surface area contributed by atoms with Crippen LogP contribution in [0.1, 0.15) is 96.7 Å². The Balaban J connectivity index is 1.39. The summed E-state index contributed by atoms with van der Waals surface area (Å²) < 4.78 is 12.4. The fraction of sp³-hybridized carbons (Fsp3) is 0.296. The second kappa shape index (κ2) is 24.0. The first-order valence-electron chi connectivity index (χ1n) is 24.9. The minimum absolute atomic E-state index is 0.0202. The molecule has 0 aliphatic carbocycles. The number of carbonyl (C=O) groups is 7. The fourth-order valence-electron chi connectivity index (χ4n) is 9.56. The average Bonchev–Trinajstić information content (AvgIpc) is 3.58. The third-order valence-electron chi connectivity index (χ3n) is 13.5. The number of nitrogens with one attached hydrogen (secondary N) is 6. The summed E-state index contributed by atoms with van der Waals surface area (Å²) in [4.78, 5) is 103. The Morgan fingerprint density at radius 1 is 0.741 bits per heavy atom. The monoisotopic (exact) mass is 1160 g/mol. The summed E-state index contributed by atoms with van der Waals surface area (Å²) in [6.45, 7) is 3.71. The highest BCUT2D eigenvalue weighted by molar-refractivity contribution is 6.32. The number of aliphatic carboxylic acids is 1. The number of amides is 6.